The fourth-order valence-corrected chi connectivity index (χ4v) is 1.35. The highest BCUT2D eigenvalue weighted by atomic mass is 79.9. The summed E-state index contributed by atoms with van der Waals surface area (Å²) >= 11 is 3.19. The predicted molar refractivity (Wildman–Crippen MR) is 45.4 cm³/mol. The third-order valence-electron chi connectivity index (χ3n) is 1.61. The van der Waals surface area contributed by atoms with Crippen molar-refractivity contribution in [1.29, 1.82) is 0 Å². The maximum absolute atomic E-state index is 11.1. The molecule has 1 aliphatic rings. The molecule has 0 aliphatic heterocycles. The molecule has 0 N–H and O–H groups in total. The molecule has 0 bridgehead atoms. The van der Waals surface area contributed by atoms with E-state index in [1.165, 1.54) is 0 Å². The SMILES string of the molecule is CC1=CC(Br)=C(C)C(=O)C1=O. The molecule has 0 atom stereocenters. The van der Waals surface area contributed by atoms with Gasteiger partial charge < -0.3 is 0 Å². The molecule has 0 unspecified atom stereocenters. The molecule has 0 aromatic heterocycles. The van der Waals surface area contributed by atoms with Crippen molar-refractivity contribution in [3.05, 3.63) is 21.7 Å². The number of ketones is 2. The van der Waals surface area contributed by atoms with Gasteiger partial charge in [0.1, 0.15) is 0 Å². The van der Waals surface area contributed by atoms with Gasteiger partial charge in [-0.15, -0.1) is 0 Å². The van der Waals surface area contributed by atoms with Crippen molar-refractivity contribution in [3.63, 3.8) is 0 Å². The van der Waals surface area contributed by atoms with E-state index in [2.05, 4.69) is 15.9 Å². The van der Waals surface area contributed by atoms with Gasteiger partial charge in [-0.1, -0.05) is 15.9 Å². The highest BCUT2D eigenvalue weighted by Crippen LogP contribution is 2.22. The summed E-state index contributed by atoms with van der Waals surface area (Å²) in [6, 6.07) is 0. The van der Waals surface area contributed by atoms with Crippen molar-refractivity contribution in [3.8, 4) is 0 Å². The first-order chi connectivity index (χ1) is 5.04. The predicted octanol–water partition coefficient (Wildman–Crippen LogP) is 1.75. The van der Waals surface area contributed by atoms with Crippen LogP contribution in [0.15, 0.2) is 21.7 Å². The summed E-state index contributed by atoms with van der Waals surface area (Å²) in [5.74, 6) is -0.803. The zero-order valence-corrected chi connectivity index (χ0v) is 7.86. The zero-order chi connectivity index (χ0) is 8.59. The first-order valence-electron chi connectivity index (χ1n) is 3.17. The van der Waals surface area contributed by atoms with E-state index in [9.17, 15) is 9.59 Å². The standard InChI is InChI=1S/C8H7BrO2/c1-4-3-6(9)5(2)8(11)7(4)10/h3H,1-2H3. The number of carbonyl (C=O) groups is 2. The van der Waals surface area contributed by atoms with Crippen molar-refractivity contribution < 1.29 is 9.59 Å². The molecule has 0 heterocycles. The number of rotatable bonds is 0. The van der Waals surface area contributed by atoms with Crippen LogP contribution in [0.5, 0.6) is 0 Å². The minimum absolute atomic E-state index is 0.397. The van der Waals surface area contributed by atoms with Crippen molar-refractivity contribution >= 4 is 27.5 Å². The topological polar surface area (TPSA) is 34.1 Å². The van der Waals surface area contributed by atoms with Crippen molar-refractivity contribution in [1.82, 2.24) is 0 Å². The van der Waals surface area contributed by atoms with Crippen LogP contribution >= 0.6 is 15.9 Å². The molecule has 0 fully saturated rings. The van der Waals surface area contributed by atoms with E-state index in [0.29, 0.717) is 15.6 Å². The van der Waals surface area contributed by atoms with Gasteiger partial charge in [0, 0.05) is 15.6 Å². The second-order valence-corrected chi connectivity index (χ2v) is 3.31. The van der Waals surface area contributed by atoms with Crippen molar-refractivity contribution in [2.75, 3.05) is 0 Å². The Hall–Kier alpha value is -0.700. The monoisotopic (exact) mass is 214 g/mol. The first kappa shape index (κ1) is 8.40. The van der Waals surface area contributed by atoms with Crippen molar-refractivity contribution in [2.45, 2.75) is 13.8 Å². The van der Waals surface area contributed by atoms with E-state index in [0.717, 1.165) is 0 Å². The summed E-state index contributed by atoms with van der Waals surface area (Å²) in [6.07, 6.45) is 1.67. The molecule has 3 heteroatoms. The van der Waals surface area contributed by atoms with Gasteiger partial charge in [0.2, 0.25) is 11.6 Å². The molecule has 0 aromatic rings. The van der Waals surface area contributed by atoms with E-state index < -0.39 is 11.6 Å². The minimum atomic E-state index is -0.406. The number of allylic oxidation sites excluding steroid dienone is 4. The third-order valence-corrected chi connectivity index (χ3v) is 2.43. The van der Waals surface area contributed by atoms with Crippen LogP contribution in [-0.4, -0.2) is 11.6 Å². The van der Waals surface area contributed by atoms with Crippen LogP contribution in [-0.2, 0) is 9.59 Å². The maximum atomic E-state index is 11.1. The highest BCUT2D eigenvalue weighted by Gasteiger charge is 2.23. The van der Waals surface area contributed by atoms with Crippen LogP contribution in [0, 0.1) is 0 Å². The summed E-state index contributed by atoms with van der Waals surface area (Å²) in [5.41, 5.74) is 0.980. The number of halogens is 1. The molecule has 0 aromatic carbocycles. The summed E-state index contributed by atoms with van der Waals surface area (Å²) in [7, 11) is 0. The normalized spacial score (nSPS) is 19.0. The van der Waals surface area contributed by atoms with Crippen LogP contribution in [0.4, 0.5) is 0 Å². The zero-order valence-electron chi connectivity index (χ0n) is 6.27. The lowest BCUT2D eigenvalue weighted by molar-refractivity contribution is -0.132. The van der Waals surface area contributed by atoms with Gasteiger partial charge >= 0.3 is 0 Å². The third kappa shape index (κ3) is 1.33. The molecule has 11 heavy (non-hydrogen) atoms. The lowest BCUT2D eigenvalue weighted by atomic mass is 9.98. The smallest absolute Gasteiger partial charge is 0.229 e. The summed E-state index contributed by atoms with van der Waals surface area (Å²) in [4.78, 5) is 22.1. The van der Waals surface area contributed by atoms with Crippen molar-refractivity contribution in [2.24, 2.45) is 0 Å². The second-order valence-electron chi connectivity index (χ2n) is 2.46. The number of carbonyl (C=O) groups excluding carboxylic acids is 2. The maximum Gasteiger partial charge on any atom is 0.229 e. The van der Waals surface area contributed by atoms with Crippen LogP contribution in [0.2, 0.25) is 0 Å². The molecule has 1 rings (SSSR count). The van der Waals surface area contributed by atoms with Gasteiger partial charge in [0.25, 0.3) is 0 Å². The molecule has 0 radical (unpaired) electrons. The Bertz CT molecular complexity index is 293. The second kappa shape index (κ2) is 2.74. The number of hydrogen-bond donors (Lipinski definition) is 0. The number of hydrogen-bond acceptors (Lipinski definition) is 2. The molecule has 0 saturated carbocycles. The van der Waals surface area contributed by atoms with Gasteiger partial charge in [-0.3, -0.25) is 9.59 Å². The largest absolute Gasteiger partial charge is 0.285 e. The van der Waals surface area contributed by atoms with Gasteiger partial charge in [-0.2, -0.15) is 0 Å². The lowest BCUT2D eigenvalue weighted by Crippen LogP contribution is -2.19. The Morgan fingerprint density at radius 3 is 2.27 bits per heavy atom. The van der Waals surface area contributed by atoms with Gasteiger partial charge in [0.05, 0.1) is 0 Å². The molecule has 58 valence electrons. The van der Waals surface area contributed by atoms with E-state index >= 15 is 0 Å². The van der Waals surface area contributed by atoms with E-state index in [-0.39, 0.29) is 0 Å². The number of Topliss-reactive ketones (excluding diaryl/α,β-unsaturated/α-hetero) is 2. The van der Waals surface area contributed by atoms with Gasteiger partial charge in [0.15, 0.2) is 0 Å². The fraction of sp³-hybridized carbons (Fsp3) is 0.250. The molecular formula is C8H7BrO2. The summed E-state index contributed by atoms with van der Waals surface area (Å²) < 4.78 is 0.708. The van der Waals surface area contributed by atoms with E-state index in [1.807, 2.05) is 0 Å². The Labute approximate surface area is 73.1 Å². The minimum Gasteiger partial charge on any atom is -0.285 e. The average molecular weight is 215 g/mol. The fourth-order valence-electron chi connectivity index (χ4n) is 0.822. The quantitative estimate of drug-likeness (QED) is 0.455. The molecule has 0 saturated heterocycles. The highest BCUT2D eigenvalue weighted by molar-refractivity contribution is 9.12. The molecular weight excluding hydrogens is 208 g/mol. The Morgan fingerprint density at radius 1 is 1.18 bits per heavy atom. The summed E-state index contributed by atoms with van der Waals surface area (Å²) in [6.45, 7) is 3.27. The average Bonchev–Trinajstić information content (AvgIpc) is 1.97. The molecule has 2 nitrogen and oxygen atoms in total. The van der Waals surface area contributed by atoms with Crippen LogP contribution < -0.4 is 0 Å². The van der Waals surface area contributed by atoms with Gasteiger partial charge in [-0.05, 0) is 19.9 Å². The summed E-state index contributed by atoms with van der Waals surface area (Å²) in [5, 5.41) is 0. The lowest BCUT2D eigenvalue weighted by Gasteiger charge is -2.08. The van der Waals surface area contributed by atoms with E-state index in [4.69, 9.17) is 0 Å². The van der Waals surface area contributed by atoms with Crippen LogP contribution in [0.25, 0.3) is 0 Å². The Morgan fingerprint density at radius 2 is 1.73 bits per heavy atom. The van der Waals surface area contributed by atoms with Crippen LogP contribution in [0.1, 0.15) is 13.8 Å². The Kier molecular flexibility index (Phi) is 2.09. The van der Waals surface area contributed by atoms with E-state index in [1.54, 1.807) is 19.9 Å². The molecule has 1 aliphatic carbocycles. The first-order valence-corrected chi connectivity index (χ1v) is 3.97. The molecule has 0 spiro atoms. The van der Waals surface area contributed by atoms with Gasteiger partial charge in [-0.25, -0.2) is 0 Å². The Balaban J connectivity index is 3.22. The molecule has 0 amide bonds. The van der Waals surface area contributed by atoms with Crippen LogP contribution in [0.3, 0.4) is 0 Å².